The van der Waals surface area contributed by atoms with E-state index in [4.69, 9.17) is 5.73 Å². The molecular weight excluding hydrogens is 243 g/mol. The van der Waals surface area contributed by atoms with Gasteiger partial charge in [-0.3, -0.25) is 4.79 Å². The zero-order valence-corrected chi connectivity index (χ0v) is 10.6. The normalized spacial score (nSPS) is 27.7. The Morgan fingerprint density at radius 3 is 2.84 bits per heavy atom. The first-order valence-corrected chi connectivity index (χ1v) is 6.65. The number of nitrogens with one attached hydrogen (secondary N) is 1. The lowest BCUT2D eigenvalue weighted by atomic mass is 9.93. The summed E-state index contributed by atoms with van der Waals surface area (Å²) in [4.78, 5) is 11.1. The first kappa shape index (κ1) is 12.2. The third-order valence-electron chi connectivity index (χ3n) is 4.22. The van der Waals surface area contributed by atoms with E-state index in [9.17, 15) is 9.18 Å². The van der Waals surface area contributed by atoms with Crippen molar-refractivity contribution in [2.24, 2.45) is 23.5 Å². The van der Waals surface area contributed by atoms with Crippen LogP contribution in [0.25, 0.3) is 0 Å². The van der Waals surface area contributed by atoms with Crippen molar-refractivity contribution in [2.75, 3.05) is 11.9 Å². The van der Waals surface area contributed by atoms with Crippen LogP contribution in [-0.4, -0.2) is 12.5 Å². The lowest BCUT2D eigenvalue weighted by Gasteiger charge is -2.19. The number of primary amides is 1. The van der Waals surface area contributed by atoms with Gasteiger partial charge in [-0.05, 0) is 48.8 Å². The topological polar surface area (TPSA) is 55.1 Å². The van der Waals surface area contributed by atoms with Gasteiger partial charge >= 0.3 is 0 Å². The van der Waals surface area contributed by atoms with Crippen molar-refractivity contribution in [1.29, 1.82) is 0 Å². The Morgan fingerprint density at radius 2 is 2.21 bits per heavy atom. The van der Waals surface area contributed by atoms with Crippen LogP contribution in [0.3, 0.4) is 0 Å². The average Bonchev–Trinajstić information content (AvgIpc) is 2.99. The molecule has 19 heavy (non-hydrogen) atoms. The van der Waals surface area contributed by atoms with Gasteiger partial charge < -0.3 is 11.1 Å². The lowest BCUT2D eigenvalue weighted by molar-refractivity contribution is 0.100. The van der Waals surface area contributed by atoms with Crippen molar-refractivity contribution in [3.05, 3.63) is 41.7 Å². The van der Waals surface area contributed by atoms with E-state index in [0.717, 1.165) is 6.54 Å². The molecule has 0 radical (unpaired) electrons. The fraction of sp³-hybridized carbons (Fsp3) is 0.400. The molecule has 0 heterocycles. The number of carbonyl (C=O) groups is 1. The number of hydrogen-bond acceptors (Lipinski definition) is 2. The number of hydrogen-bond donors (Lipinski definition) is 2. The van der Waals surface area contributed by atoms with Crippen LogP contribution in [0.1, 0.15) is 23.2 Å². The summed E-state index contributed by atoms with van der Waals surface area (Å²) >= 11 is 0. The summed E-state index contributed by atoms with van der Waals surface area (Å²) in [5.41, 5.74) is 5.90. The smallest absolute Gasteiger partial charge is 0.248 e. The molecule has 3 N–H and O–H groups in total. The van der Waals surface area contributed by atoms with E-state index in [1.54, 1.807) is 0 Å². The van der Waals surface area contributed by atoms with Crippen LogP contribution >= 0.6 is 0 Å². The maximum Gasteiger partial charge on any atom is 0.248 e. The van der Waals surface area contributed by atoms with Crippen molar-refractivity contribution in [2.45, 2.75) is 12.8 Å². The zero-order chi connectivity index (χ0) is 13.4. The fourth-order valence-corrected chi connectivity index (χ4v) is 3.18. The Kier molecular flexibility index (Phi) is 3.01. The van der Waals surface area contributed by atoms with Crippen molar-refractivity contribution in [3.63, 3.8) is 0 Å². The summed E-state index contributed by atoms with van der Waals surface area (Å²) in [6, 6.07) is 4.17. The fourth-order valence-electron chi connectivity index (χ4n) is 3.18. The van der Waals surface area contributed by atoms with Gasteiger partial charge in [0.25, 0.3) is 0 Å². The second-order valence-electron chi connectivity index (χ2n) is 5.48. The lowest BCUT2D eigenvalue weighted by Crippen LogP contribution is -2.19. The molecule has 2 aliphatic carbocycles. The van der Waals surface area contributed by atoms with Crippen LogP contribution in [0.15, 0.2) is 30.4 Å². The van der Waals surface area contributed by atoms with Gasteiger partial charge in [0.2, 0.25) is 5.91 Å². The molecule has 3 rings (SSSR count). The zero-order valence-electron chi connectivity index (χ0n) is 10.6. The summed E-state index contributed by atoms with van der Waals surface area (Å²) < 4.78 is 13.7. The van der Waals surface area contributed by atoms with E-state index in [-0.39, 0.29) is 5.82 Å². The first-order valence-electron chi connectivity index (χ1n) is 6.65. The summed E-state index contributed by atoms with van der Waals surface area (Å²) in [6.45, 7) is 0.741. The van der Waals surface area contributed by atoms with Gasteiger partial charge in [0.15, 0.2) is 0 Å². The average molecular weight is 260 g/mol. The molecule has 3 unspecified atom stereocenters. The summed E-state index contributed by atoms with van der Waals surface area (Å²) in [5.74, 6) is 1.01. The van der Waals surface area contributed by atoms with Crippen molar-refractivity contribution in [3.8, 4) is 0 Å². The Morgan fingerprint density at radius 1 is 1.37 bits per heavy atom. The highest BCUT2D eigenvalue weighted by atomic mass is 19.1. The maximum atomic E-state index is 13.7. The van der Waals surface area contributed by atoms with Crippen LogP contribution in [0, 0.1) is 23.6 Å². The van der Waals surface area contributed by atoms with E-state index in [2.05, 4.69) is 17.5 Å². The van der Waals surface area contributed by atoms with Crippen LogP contribution < -0.4 is 11.1 Å². The largest absolute Gasteiger partial charge is 0.382 e. The Labute approximate surface area is 111 Å². The number of nitrogens with two attached hydrogens (primary N) is 1. The minimum absolute atomic E-state index is 0.330. The van der Waals surface area contributed by atoms with E-state index in [0.29, 0.717) is 29.0 Å². The van der Waals surface area contributed by atoms with Crippen LogP contribution in [-0.2, 0) is 0 Å². The summed E-state index contributed by atoms with van der Waals surface area (Å²) in [5, 5.41) is 3.12. The van der Waals surface area contributed by atoms with Crippen molar-refractivity contribution < 1.29 is 9.18 Å². The number of fused-ring (bicyclic) bond motifs is 2. The van der Waals surface area contributed by atoms with Gasteiger partial charge in [0.05, 0.1) is 5.69 Å². The highest BCUT2D eigenvalue weighted by Crippen LogP contribution is 2.43. The molecule has 4 heteroatoms. The number of halogens is 1. The third-order valence-corrected chi connectivity index (χ3v) is 4.22. The molecule has 100 valence electrons. The van der Waals surface area contributed by atoms with Crippen LogP contribution in [0.2, 0.25) is 0 Å². The molecule has 1 aromatic rings. The predicted octanol–water partition coefficient (Wildman–Crippen LogP) is 2.55. The molecule has 3 atom stereocenters. The molecule has 0 aromatic heterocycles. The molecule has 1 aromatic carbocycles. The second kappa shape index (κ2) is 4.68. The SMILES string of the molecule is NC(=O)c1ccc(F)c(NCC2CC3C=CC2C3)c1. The highest BCUT2D eigenvalue weighted by molar-refractivity contribution is 5.93. The monoisotopic (exact) mass is 260 g/mol. The number of carbonyl (C=O) groups excluding carboxylic acids is 1. The molecule has 2 bridgehead atoms. The van der Waals surface area contributed by atoms with Gasteiger partial charge in [0, 0.05) is 12.1 Å². The van der Waals surface area contributed by atoms with Gasteiger partial charge in [-0.2, -0.15) is 0 Å². The van der Waals surface area contributed by atoms with Crippen LogP contribution in [0.4, 0.5) is 10.1 Å². The van der Waals surface area contributed by atoms with E-state index < -0.39 is 5.91 Å². The van der Waals surface area contributed by atoms with E-state index in [1.165, 1.54) is 31.0 Å². The van der Waals surface area contributed by atoms with Crippen LogP contribution in [0.5, 0.6) is 0 Å². The molecule has 3 nitrogen and oxygen atoms in total. The Balaban J connectivity index is 1.68. The molecule has 0 aliphatic heterocycles. The number of amides is 1. The van der Waals surface area contributed by atoms with Crippen molar-refractivity contribution in [1.82, 2.24) is 0 Å². The number of allylic oxidation sites excluding steroid dienone is 2. The predicted molar refractivity (Wildman–Crippen MR) is 72.3 cm³/mol. The van der Waals surface area contributed by atoms with Gasteiger partial charge in [0.1, 0.15) is 5.82 Å². The van der Waals surface area contributed by atoms with E-state index in [1.807, 2.05) is 0 Å². The number of anilines is 1. The van der Waals surface area contributed by atoms with Gasteiger partial charge in [-0.25, -0.2) is 4.39 Å². The van der Waals surface area contributed by atoms with Gasteiger partial charge in [-0.15, -0.1) is 0 Å². The van der Waals surface area contributed by atoms with E-state index >= 15 is 0 Å². The Bertz CT molecular complexity index is 541. The number of benzene rings is 1. The summed E-state index contributed by atoms with van der Waals surface area (Å²) in [7, 11) is 0. The minimum Gasteiger partial charge on any atom is -0.382 e. The van der Waals surface area contributed by atoms with Gasteiger partial charge in [-0.1, -0.05) is 12.2 Å². The summed E-state index contributed by atoms with van der Waals surface area (Å²) in [6.07, 6.45) is 6.97. The van der Waals surface area contributed by atoms with Crippen molar-refractivity contribution >= 4 is 11.6 Å². The Hall–Kier alpha value is -1.84. The maximum absolute atomic E-state index is 13.7. The second-order valence-corrected chi connectivity index (χ2v) is 5.48. The number of rotatable bonds is 4. The highest BCUT2D eigenvalue weighted by Gasteiger charge is 2.35. The molecule has 0 spiro atoms. The quantitative estimate of drug-likeness (QED) is 0.817. The molecule has 1 fully saturated rings. The molecule has 2 aliphatic rings. The molecule has 1 amide bonds. The standard InChI is InChI=1S/C15H17FN2O/c16-13-4-3-11(15(17)19)7-14(13)18-8-12-6-9-1-2-10(12)5-9/h1-4,7,9-10,12,18H,5-6,8H2,(H2,17,19). The molecule has 0 saturated heterocycles. The molecule has 1 saturated carbocycles. The third kappa shape index (κ3) is 2.35. The molecular formula is C15H17FN2O. The first-order chi connectivity index (χ1) is 9.13. The minimum atomic E-state index is -0.536.